The number of aliphatic hydroxyl groups excluding tert-OH is 1. The van der Waals surface area contributed by atoms with E-state index in [2.05, 4.69) is 10.1 Å². The van der Waals surface area contributed by atoms with Gasteiger partial charge in [0.15, 0.2) is 6.10 Å². The molecule has 0 radical (unpaired) electrons. The number of benzene rings is 2. The van der Waals surface area contributed by atoms with Gasteiger partial charge in [-0.15, -0.1) is 0 Å². The normalized spacial score (nSPS) is 17.2. The molecule has 0 saturated carbocycles. The molecule has 2 unspecified atom stereocenters. The Kier molecular flexibility index (Phi) is 6.51. The van der Waals surface area contributed by atoms with Gasteiger partial charge in [0.25, 0.3) is 10.0 Å². The molecule has 3 rings (SSSR count). The van der Waals surface area contributed by atoms with E-state index in [-0.39, 0.29) is 28.6 Å². The van der Waals surface area contributed by atoms with Crippen molar-refractivity contribution in [1.29, 1.82) is 0 Å². The molecule has 2 aromatic rings. The van der Waals surface area contributed by atoms with Crippen LogP contribution >= 0.6 is 0 Å². The van der Waals surface area contributed by atoms with E-state index >= 15 is 0 Å². The van der Waals surface area contributed by atoms with E-state index in [1.807, 2.05) is 0 Å². The van der Waals surface area contributed by atoms with Crippen molar-refractivity contribution in [3.05, 3.63) is 48.3 Å². The molecule has 0 bridgehead atoms. The molecule has 2 N–H and O–H groups in total. The highest BCUT2D eigenvalue weighted by Crippen LogP contribution is 2.39. The topological polar surface area (TPSA) is 105 Å². The quantitative estimate of drug-likeness (QED) is 0.640. The van der Waals surface area contributed by atoms with Crippen molar-refractivity contribution in [2.45, 2.75) is 30.1 Å². The van der Waals surface area contributed by atoms with Crippen molar-refractivity contribution < 1.29 is 45.4 Å². The Morgan fingerprint density at radius 2 is 1.94 bits per heavy atom. The van der Waals surface area contributed by atoms with Crippen molar-refractivity contribution in [1.82, 2.24) is 0 Å². The number of aliphatic hydroxyl groups is 1. The maximum Gasteiger partial charge on any atom is 0.425 e. The summed E-state index contributed by atoms with van der Waals surface area (Å²) in [6.45, 7) is -0.159. The lowest BCUT2D eigenvalue weighted by Crippen LogP contribution is -2.48. The third kappa shape index (κ3) is 4.88. The number of halogens is 4. The minimum atomic E-state index is -4.75. The number of carbonyl (C=O) groups is 1. The molecule has 1 aliphatic heterocycles. The summed E-state index contributed by atoms with van der Waals surface area (Å²) in [4.78, 5) is 11.6. The molecule has 1 amide bonds. The monoisotopic (exact) mass is 478 g/mol. The zero-order chi connectivity index (χ0) is 23.7. The predicted molar refractivity (Wildman–Crippen MR) is 104 cm³/mol. The Morgan fingerprint density at radius 3 is 2.53 bits per heavy atom. The van der Waals surface area contributed by atoms with Crippen LogP contribution in [0.15, 0.2) is 47.4 Å². The van der Waals surface area contributed by atoms with Crippen LogP contribution in [0.4, 0.5) is 33.7 Å². The van der Waals surface area contributed by atoms with Crippen molar-refractivity contribution >= 4 is 27.5 Å². The van der Waals surface area contributed by atoms with Crippen LogP contribution in [0, 0.1) is 5.82 Å². The van der Waals surface area contributed by atoms with Crippen LogP contribution in [-0.2, 0) is 14.8 Å². The number of nitrogens with one attached hydrogen (secondary N) is 1. The zero-order valence-corrected chi connectivity index (χ0v) is 17.3. The van der Waals surface area contributed by atoms with Gasteiger partial charge in [-0.25, -0.2) is 17.6 Å². The number of anilines is 2. The second kappa shape index (κ2) is 8.82. The summed E-state index contributed by atoms with van der Waals surface area (Å²) in [6.07, 6.45) is -8.52. The van der Waals surface area contributed by atoms with Crippen molar-refractivity contribution in [3.63, 3.8) is 0 Å². The molecule has 8 nitrogen and oxygen atoms in total. The number of rotatable bonds is 5. The smallest absolute Gasteiger partial charge is 0.425 e. The third-order valence-corrected chi connectivity index (χ3v) is 6.41. The number of hydrogen-bond donors (Lipinski definition) is 2. The van der Waals surface area contributed by atoms with E-state index in [0.717, 1.165) is 34.6 Å². The number of fused-ring (bicyclic) bond motifs is 1. The van der Waals surface area contributed by atoms with Crippen LogP contribution in [-0.4, -0.2) is 51.2 Å². The lowest BCUT2D eigenvalue weighted by atomic mass is 10.2. The first-order valence-corrected chi connectivity index (χ1v) is 10.6. The summed E-state index contributed by atoms with van der Waals surface area (Å²) < 4.78 is 88.0. The van der Waals surface area contributed by atoms with Crippen LogP contribution in [0.2, 0.25) is 0 Å². The molecular formula is C19H18F4N2O6S. The largest absolute Gasteiger partial charge is 0.489 e. The fourth-order valence-corrected chi connectivity index (χ4v) is 4.52. The predicted octanol–water partition coefficient (Wildman–Crippen LogP) is 3.27. The fourth-order valence-electron chi connectivity index (χ4n) is 2.89. The van der Waals surface area contributed by atoms with Gasteiger partial charge in [0.05, 0.1) is 17.2 Å². The molecule has 174 valence electrons. The average Bonchev–Trinajstić information content (AvgIpc) is 2.72. The van der Waals surface area contributed by atoms with Crippen LogP contribution in [0.3, 0.4) is 0 Å². The first-order valence-electron chi connectivity index (χ1n) is 9.15. The summed E-state index contributed by atoms with van der Waals surface area (Å²) in [5.41, 5.74) is -0.161. The lowest BCUT2D eigenvalue weighted by Gasteiger charge is -2.36. The molecule has 13 heteroatoms. The number of ether oxygens (including phenoxy) is 2. The van der Waals surface area contributed by atoms with Crippen molar-refractivity contribution in [2.75, 3.05) is 22.8 Å². The maximum absolute atomic E-state index is 13.2. The van der Waals surface area contributed by atoms with Crippen molar-refractivity contribution in [3.8, 4) is 5.75 Å². The van der Waals surface area contributed by atoms with Crippen LogP contribution < -0.4 is 14.4 Å². The molecular weight excluding hydrogens is 460 g/mol. The Labute approximate surface area is 180 Å². The fraction of sp³-hybridized carbons (Fsp3) is 0.316. The second-order valence-corrected chi connectivity index (χ2v) is 8.61. The summed E-state index contributed by atoms with van der Waals surface area (Å²) in [5, 5.41) is 11.8. The van der Waals surface area contributed by atoms with E-state index in [1.165, 1.54) is 12.1 Å². The summed E-state index contributed by atoms with van der Waals surface area (Å²) in [5.74, 6) is -0.564. The second-order valence-electron chi connectivity index (χ2n) is 6.80. The Hall–Kier alpha value is -3.06. The minimum Gasteiger partial charge on any atom is -0.489 e. The van der Waals surface area contributed by atoms with E-state index in [1.54, 1.807) is 0 Å². The van der Waals surface area contributed by atoms with Gasteiger partial charge in [0, 0.05) is 5.69 Å². The minimum absolute atomic E-state index is 0.0791. The van der Waals surface area contributed by atoms with Crippen LogP contribution in [0.25, 0.3) is 0 Å². The van der Waals surface area contributed by atoms with E-state index < -0.39 is 46.9 Å². The molecule has 2 atom stereocenters. The van der Waals surface area contributed by atoms with Gasteiger partial charge in [0.2, 0.25) is 0 Å². The zero-order valence-electron chi connectivity index (χ0n) is 16.5. The Balaban J connectivity index is 1.95. The van der Waals surface area contributed by atoms with Gasteiger partial charge < -0.3 is 14.6 Å². The molecule has 0 fully saturated rings. The van der Waals surface area contributed by atoms with Gasteiger partial charge >= 0.3 is 12.3 Å². The summed E-state index contributed by atoms with van der Waals surface area (Å²) in [7, 11) is -4.30. The van der Waals surface area contributed by atoms with Gasteiger partial charge in [-0.1, -0.05) is 0 Å². The molecule has 2 aromatic carbocycles. The van der Waals surface area contributed by atoms with E-state index in [0.29, 0.717) is 6.92 Å². The summed E-state index contributed by atoms with van der Waals surface area (Å²) >= 11 is 0. The molecule has 0 aromatic heterocycles. The molecule has 0 spiro atoms. The van der Waals surface area contributed by atoms with Gasteiger partial charge in [-0.2, -0.15) is 13.2 Å². The molecule has 0 aliphatic carbocycles. The highest BCUT2D eigenvalue weighted by Gasteiger charge is 2.40. The Morgan fingerprint density at radius 1 is 1.28 bits per heavy atom. The number of carbonyl (C=O) groups excluding carboxylic acids is 1. The van der Waals surface area contributed by atoms with Gasteiger partial charge in [-0.05, 0) is 49.4 Å². The van der Waals surface area contributed by atoms with Crippen LogP contribution in [0.5, 0.6) is 5.75 Å². The number of sulfonamides is 1. The number of alkyl halides is 3. The van der Waals surface area contributed by atoms with E-state index in [4.69, 9.17) is 4.74 Å². The number of hydrogen-bond acceptors (Lipinski definition) is 6. The molecule has 1 aliphatic rings. The maximum atomic E-state index is 13.2. The van der Waals surface area contributed by atoms with Gasteiger partial charge in [0.1, 0.15) is 24.2 Å². The number of amides is 1. The standard InChI is InChI=1S/C19H18F4N2O6S/c1-11(19(21,22)23)31-18(27)24-13-4-7-17-16(8-13)25(14(9-26)10-30-17)32(28,29)15-5-2-12(20)3-6-15/h2-8,11,14,26H,9-10H2,1H3,(H,24,27). The highest BCUT2D eigenvalue weighted by molar-refractivity contribution is 7.92. The highest BCUT2D eigenvalue weighted by atomic mass is 32.2. The SMILES string of the molecule is CC(OC(=O)Nc1ccc2c(c1)N(S(=O)(=O)c1ccc(F)cc1)C(CO)CO2)C(F)(F)F. The molecule has 0 saturated heterocycles. The van der Waals surface area contributed by atoms with Crippen molar-refractivity contribution in [2.24, 2.45) is 0 Å². The van der Waals surface area contributed by atoms with Crippen LogP contribution in [0.1, 0.15) is 6.92 Å². The first-order chi connectivity index (χ1) is 14.9. The average molecular weight is 478 g/mol. The summed E-state index contributed by atoms with van der Waals surface area (Å²) in [6, 6.07) is 6.69. The number of nitrogens with zero attached hydrogens (tertiary/aromatic N) is 1. The Bertz CT molecular complexity index is 1090. The molecule has 1 heterocycles. The third-order valence-electron chi connectivity index (χ3n) is 4.53. The van der Waals surface area contributed by atoms with Gasteiger partial charge in [-0.3, -0.25) is 9.62 Å². The first kappa shape index (κ1) is 23.6. The molecule has 32 heavy (non-hydrogen) atoms. The van der Waals surface area contributed by atoms with E-state index in [9.17, 15) is 35.9 Å². The lowest BCUT2D eigenvalue weighted by molar-refractivity contribution is -0.196.